The van der Waals surface area contributed by atoms with Gasteiger partial charge in [-0.05, 0) is 38.5 Å². The van der Waals surface area contributed by atoms with Crippen molar-refractivity contribution in [3.63, 3.8) is 0 Å². The number of allylic oxidation sites excluding steroid dienone is 2. The zero-order chi connectivity index (χ0) is 35.4. The minimum atomic E-state index is -4.75. The lowest BCUT2D eigenvalue weighted by Gasteiger charge is -2.18. The number of phosphoric ester groups is 1. The van der Waals surface area contributed by atoms with Crippen LogP contribution in [-0.4, -0.2) is 41.0 Å². The lowest BCUT2D eigenvalue weighted by atomic mass is 10.0. The fourth-order valence-corrected chi connectivity index (χ4v) is 6.14. The van der Waals surface area contributed by atoms with E-state index in [0.29, 0.717) is 12.8 Å². The van der Waals surface area contributed by atoms with E-state index in [4.69, 9.17) is 19.3 Å². The largest absolute Gasteiger partial charge is 0.469 e. The van der Waals surface area contributed by atoms with Gasteiger partial charge in [0.15, 0.2) is 6.10 Å². The molecule has 0 amide bonds. The molecule has 0 aliphatic rings. The molecule has 0 aromatic rings. The van der Waals surface area contributed by atoms with Crippen LogP contribution >= 0.6 is 7.82 Å². The topological polar surface area (TPSA) is 119 Å². The van der Waals surface area contributed by atoms with Gasteiger partial charge < -0.3 is 19.3 Å². The predicted molar refractivity (Wildman–Crippen MR) is 198 cm³/mol. The summed E-state index contributed by atoms with van der Waals surface area (Å²) in [6.45, 7) is 3.68. The van der Waals surface area contributed by atoms with Crippen molar-refractivity contribution in [2.24, 2.45) is 0 Å². The van der Waals surface area contributed by atoms with E-state index >= 15 is 0 Å². The molecule has 0 aromatic heterocycles. The van der Waals surface area contributed by atoms with Crippen molar-refractivity contribution >= 4 is 19.8 Å². The average Bonchev–Trinajstić information content (AvgIpc) is 3.05. The Bertz CT molecular complexity index is 797. The molecule has 0 radical (unpaired) electrons. The highest BCUT2D eigenvalue weighted by Gasteiger charge is 2.22. The van der Waals surface area contributed by atoms with Crippen molar-refractivity contribution in [1.29, 1.82) is 0 Å². The summed E-state index contributed by atoms with van der Waals surface area (Å²) < 4.78 is 26.3. The molecule has 0 aliphatic heterocycles. The molecule has 8 nitrogen and oxygen atoms in total. The number of unbranched alkanes of at least 4 members (excludes halogenated alkanes) is 25. The molecule has 9 heteroatoms. The lowest BCUT2D eigenvalue weighted by molar-refractivity contribution is -0.161. The first-order chi connectivity index (χ1) is 23.3. The van der Waals surface area contributed by atoms with Crippen LogP contribution in [0, 0.1) is 0 Å². The second-order valence-electron chi connectivity index (χ2n) is 13.6. The molecule has 0 saturated carbocycles. The van der Waals surface area contributed by atoms with Gasteiger partial charge in [0.25, 0.3) is 0 Å². The van der Waals surface area contributed by atoms with Gasteiger partial charge in [-0.15, -0.1) is 0 Å². The highest BCUT2D eigenvalue weighted by molar-refractivity contribution is 7.46. The molecule has 0 unspecified atom stereocenters. The first-order valence-corrected chi connectivity index (χ1v) is 21.5. The molecule has 1 atom stereocenters. The monoisotopic (exact) mass is 703 g/mol. The van der Waals surface area contributed by atoms with Crippen LogP contribution in [-0.2, 0) is 28.2 Å². The molecule has 48 heavy (non-hydrogen) atoms. The molecular formula is C39H75O8P. The average molecular weight is 703 g/mol. The van der Waals surface area contributed by atoms with E-state index in [2.05, 4.69) is 30.5 Å². The number of hydrogen-bond donors (Lipinski definition) is 2. The fourth-order valence-electron chi connectivity index (χ4n) is 5.78. The third-order valence-electron chi connectivity index (χ3n) is 8.78. The smallest absolute Gasteiger partial charge is 0.462 e. The van der Waals surface area contributed by atoms with Crippen LogP contribution < -0.4 is 0 Å². The van der Waals surface area contributed by atoms with E-state index < -0.39 is 32.5 Å². The lowest BCUT2D eigenvalue weighted by Crippen LogP contribution is -2.29. The number of ether oxygens (including phenoxy) is 2. The van der Waals surface area contributed by atoms with Crippen molar-refractivity contribution in [3.05, 3.63) is 12.2 Å². The summed E-state index contributed by atoms with van der Waals surface area (Å²) in [5, 5.41) is 0. The van der Waals surface area contributed by atoms with Crippen LogP contribution in [0.1, 0.15) is 206 Å². The Balaban J connectivity index is 3.94. The zero-order valence-corrected chi connectivity index (χ0v) is 32.0. The van der Waals surface area contributed by atoms with Crippen molar-refractivity contribution < 1.29 is 37.9 Å². The number of esters is 2. The van der Waals surface area contributed by atoms with Crippen molar-refractivity contribution in [1.82, 2.24) is 0 Å². The van der Waals surface area contributed by atoms with Gasteiger partial charge in [-0.2, -0.15) is 0 Å². The molecule has 0 fully saturated rings. The molecule has 0 aliphatic carbocycles. The summed E-state index contributed by atoms with van der Waals surface area (Å²) in [5.41, 5.74) is 0. The molecule has 0 aromatic carbocycles. The Hall–Kier alpha value is -1.21. The molecule has 0 spiro atoms. The Morgan fingerprint density at radius 3 is 1.31 bits per heavy atom. The van der Waals surface area contributed by atoms with E-state index in [1.807, 2.05) is 0 Å². The number of carbonyl (C=O) groups is 2. The van der Waals surface area contributed by atoms with Crippen LogP contribution in [0.5, 0.6) is 0 Å². The van der Waals surface area contributed by atoms with Gasteiger partial charge >= 0.3 is 19.8 Å². The summed E-state index contributed by atoms with van der Waals surface area (Å²) in [7, 11) is -4.75. The normalized spacial score (nSPS) is 12.5. The van der Waals surface area contributed by atoms with E-state index in [0.717, 1.165) is 38.5 Å². The van der Waals surface area contributed by atoms with Gasteiger partial charge in [0, 0.05) is 12.8 Å². The van der Waals surface area contributed by atoms with Gasteiger partial charge in [0.05, 0.1) is 6.61 Å². The number of carbonyl (C=O) groups excluding carboxylic acids is 2. The third-order valence-corrected chi connectivity index (χ3v) is 9.27. The summed E-state index contributed by atoms with van der Waals surface area (Å²) in [6.07, 6.45) is 37.9. The van der Waals surface area contributed by atoms with Gasteiger partial charge in [-0.3, -0.25) is 14.1 Å². The van der Waals surface area contributed by atoms with E-state index in [1.165, 1.54) is 128 Å². The number of hydrogen-bond acceptors (Lipinski definition) is 6. The molecule has 0 heterocycles. The summed E-state index contributed by atoms with van der Waals surface area (Å²) in [4.78, 5) is 42.7. The number of phosphoric acid groups is 1. The van der Waals surface area contributed by atoms with Crippen LogP contribution in [0.25, 0.3) is 0 Å². The minimum absolute atomic E-state index is 0.214. The Morgan fingerprint density at radius 2 is 0.875 bits per heavy atom. The fraction of sp³-hybridized carbons (Fsp3) is 0.897. The summed E-state index contributed by atoms with van der Waals surface area (Å²) >= 11 is 0. The molecule has 0 saturated heterocycles. The third kappa shape index (κ3) is 37.6. The van der Waals surface area contributed by atoms with Gasteiger partial charge in [-0.25, -0.2) is 4.57 Å². The van der Waals surface area contributed by atoms with E-state index in [9.17, 15) is 14.2 Å². The quantitative estimate of drug-likeness (QED) is 0.0284. The van der Waals surface area contributed by atoms with E-state index in [1.54, 1.807) is 0 Å². The van der Waals surface area contributed by atoms with Gasteiger partial charge in [-0.1, -0.05) is 167 Å². The predicted octanol–water partition coefficient (Wildman–Crippen LogP) is 11.8. The van der Waals surface area contributed by atoms with Crippen LogP contribution in [0.3, 0.4) is 0 Å². The molecule has 2 N–H and O–H groups in total. The minimum Gasteiger partial charge on any atom is -0.462 e. The van der Waals surface area contributed by atoms with Crippen LogP contribution in [0.2, 0.25) is 0 Å². The van der Waals surface area contributed by atoms with Crippen LogP contribution in [0.15, 0.2) is 12.2 Å². The maximum absolute atomic E-state index is 12.4. The second kappa shape index (κ2) is 35.6. The molecular weight excluding hydrogens is 627 g/mol. The summed E-state index contributed by atoms with van der Waals surface area (Å²) in [5.74, 6) is -0.900. The molecule has 0 rings (SSSR count). The van der Waals surface area contributed by atoms with Gasteiger partial charge in [0.2, 0.25) is 0 Å². The van der Waals surface area contributed by atoms with Crippen LogP contribution in [0.4, 0.5) is 0 Å². The van der Waals surface area contributed by atoms with Gasteiger partial charge in [0.1, 0.15) is 6.61 Å². The Morgan fingerprint density at radius 1 is 0.521 bits per heavy atom. The second-order valence-corrected chi connectivity index (χ2v) is 14.9. The molecule has 0 bridgehead atoms. The van der Waals surface area contributed by atoms with Crippen molar-refractivity contribution in [2.75, 3.05) is 13.2 Å². The Kier molecular flexibility index (Phi) is 34.7. The first-order valence-electron chi connectivity index (χ1n) is 20.0. The maximum Gasteiger partial charge on any atom is 0.469 e. The number of rotatable bonds is 37. The maximum atomic E-state index is 12.4. The Labute approximate surface area is 295 Å². The SMILES string of the molecule is CCCCCCCCCCC/C=C/CCCCC(=O)OC[C@H](COP(=O)(O)O)OC(=O)CCCCCCCCCCCCCCCCC. The summed E-state index contributed by atoms with van der Waals surface area (Å²) in [6, 6.07) is 0. The highest BCUT2D eigenvalue weighted by atomic mass is 31.2. The highest BCUT2D eigenvalue weighted by Crippen LogP contribution is 2.36. The van der Waals surface area contributed by atoms with Crippen molar-refractivity contribution in [3.8, 4) is 0 Å². The first kappa shape index (κ1) is 46.8. The molecule has 284 valence electrons. The van der Waals surface area contributed by atoms with E-state index in [-0.39, 0.29) is 19.4 Å². The van der Waals surface area contributed by atoms with Crippen molar-refractivity contribution in [2.45, 2.75) is 213 Å². The standard InChI is InChI=1S/C39H75O8P/c1-3-5-7-9-11-13-15-17-19-21-23-25-27-29-31-33-38(40)45-35-37(36-46-48(42,43)44)47-39(41)34-32-30-28-26-24-22-20-18-16-14-12-10-8-6-4-2/h23,25,37H,3-22,24,26-36H2,1-2H3,(H2,42,43,44)/b25-23+/t37-/m1/s1. The zero-order valence-electron chi connectivity index (χ0n) is 31.2.